The van der Waals surface area contributed by atoms with Gasteiger partial charge in [-0.25, -0.2) is 22.0 Å². The number of allylic oxidation sites excluding steroid dienone is 2. The molecule has 1 saturated heterocycles. The summed E-state index contributed by atoms with van der Waals surface area (Å²) in [7, 11) is 0. The van der Waals surface area contributed by atoms with Crippen LogP contribution in [-0.2, 0) is 9.47 Å². The van der Waals surface area contributed by atoms with Gasteiger partial charge in [-0.15, -0.1) is 0 Å². The lowest BCUT2D eigenvalue weighted by Crippen LogP contribution is -2.37. The molecule has 1 aliphatic carbocycles. The molecule has 0 bridgehead atoms. The molecule has 0 atom stereocenters. The van der Waals surface area contributed by atoms with E-state index in [0.717, 1.165) is 25.0 Å². The van der Waals surface area contributed by atoms with Crippen molar-refractivity contribution in [3.05, 3.63) is 76.6 Å². The smallest absolute Gasteiger partial charge is 0.400 e. The number of hydrogen-bond donors (Lipinski definition) is 0. The Hall–Kier alpha value is -3.03. The highest BCUT2D eigenvalue weighted by atomic mass is 19.3. The maximum absolute atomic E-state index is 14.8. The van der Waals surface area contributed by atoms with E-state index in [9.17, 15) is 30.7 Å². The van der Waals surface area contributed by atoms with Gasteiger partial charge in [-0.05, 0) is 57.6 Å². The van der Waals surface area contributed by atoms with E-state index < -0.39 is 64.6 Å². The summed E-state index contributed by atoms with van der Waals surface area (Å²) >= 11 is 0. The zero-order valence-corrected chi connectivity index (χ0v) is 21.8. The summed E-state index contributed by atoms with van der Waals surface area (Å²) < 4.78 is 114. The summed E-state index contributed by atoms with van der Waals surface area (Å²) in [4.78, 5) is 0. The second-order valence-corrected chi connectivity index (χ2v) is 10.1. The molecule has 0 amide bonds. The molecule has 1 heterocycles. The molecule has 0 aromatic heterocycles. The van der Waals surface area contributed by atoms with Crippen molar-refractivity contribution in [2.24, 2.45) is 17.8 Å². The molecule has 1 saturated carbocycles. The molecule has 0 spiro atoms. The number of benzene rings is 2. The molecule has 3 nitrogen and oxygen atoms in total. The number of alkyl halides is 2. The van der Waals surface area contributed by atoms with Crippen molar-refractivity contribution >= 4 is 0 Å². The highest BCUT2D eigenvalue weighted by Gasteiger charge is 2.44. The van der Waals surface area contributed by atoms with Crippen molar-refractivity contribution in [2.75, 3.05) is 13.2 Å². The van der Waals surface area contributed by atoms with Crippen LogP contribution in [0.15, 0.2) is 36.4 Å². The summed E-state index contributed by atoms with van der Waals surface area (Å²) in [6, 6.07) is 2.95. The van der Waals surface area contributed by atoms with Gasteiger partial charge in [-0.1, -0.05) is 24.0 Å². The van der Waals surface area contributed by atoms with Gasteiger partial charge in [0.15, 0.2) is 23.7 Å². The van der Waals surface area contributed by atoms with Crippen LogP contribution in [0.5, 0.6) is 5.75 Å². The normalized spacial score (nSPS) is 23.6. The zero-order valence-electron chi connectivity index (χ0n) is 21.8. The Morgan fingerprint density at radius 2 is 1.50 bits per heavy atom. The van der Waals surface area contributed by atoms with Gasteiger partial charge in [0.05, 0.1) is 24.7 Å². The molecule has 0 N–H and O–H groups in total. The molecular weight excluding hydrogens is 541 g/mol. The van der Waals surface area contributed by atoms with Crippen molar-refractivity contribution < 1.29 is 44.9 Å². The molecule has 2 fully saturated rings. The molecule has 2 aromatic carbocycles. The first kappa shape index (κ1) is 29.9. The number of hydrogen-bond acceptors (Lipinski definition) is 3. The van der Waals surface area contributed by atoms with Gasteiger partial charge in [0.25, 0.3) is 0 Å². The molecule has 216 valence electrons. The van der Waals surface area contributed by atoms with Crippen LogP contribution >= 0.6 is 0 Å². The predicted molar refractivity (Wildman–Crippen MR) is 133 cm³/mol. The van der Waals surface area contributed by atoms with Crippen molar-refractivity contribution in [3.8, 4) is 17.6 Å². The van der Waals surface area contributed by atoms with Crippen molar-refractivity contribution in [1.29, 1.82) is 0 Å². The van der Waals surface area contributed by atoms with Gasteiger partial charge in [0.1, 0.15) is 17.4 Å². The van der Waals surface area contributed by atoms with Gasteiger partial charge in [0, 0.05) is 29.5 Å². The SMILES string of the molecule is C/C=C/CCC1COC(c2cc(F)c(C#CC3CCC(C(F)(F)Oc4cc(F)c(F)c(F)c4)CC3)c(F)c2)OC1. The Balaban J connectivity index is 1.32. The van der Waals surface area contributed by atoms with Crippen molar-refractivity contribution in [3.63, 3.8) is 0 Å². The second-order valence-electron chi connectivity index (χ2n) is 10.1. The lowest BCUT2D eigenvalue weighted by atomic mass is 9.81. The molecule has 10 heteroatoms. The van der Waals surface area contributed by atoms with Crippen molar-refractivity contribution in [2.45, 2.75) is 57.8 Å². The minimum atomic E-state index is -3.76. The van der Waals surface area contributed by atoms with E-state index in [4.69, 9.17) is 9.47 Å². The third-order valence-corrected chi connectivity index (χ3v) is 7.10. The van der Waals surface area contributed by atoms with Crippen LogP contribution in [0.2, 0.25) is 0 Å². The second kappa shape index (κ2) is 13.1. The van der Waals surface area contributed by atoms with Gasteiger partial charge in [-0.2, -0.15) is 8.78 Å². The minimum absolute atomic E-state index is 0.0471. The van der Waals surface area contributed by atoms with Gasteiger partial charge in [-0.3, -0.25) is 0 Å². The monoisotopic (exact) mass is 570 g/mol. The van der Waals surface area contributed by atoms with E-state index in [0.29, 0.717) is 25.3 Å². The van der Waals surface area contributed by atoms with E-state index in [1.165, 1.54) is 0 Å². The predicted octanol–water partition coefficient (Wildman–Crippen LogP) is 8.23. The fourth-order valence-electron chi connectivity index (χ4n) is 4.83. The van der Waals surface area contributed by atoms with Crippen LogP contribution in [0.1, 0.15) is 62.9 Å². The summed E-state index contributed by atoms with van der Waals surface area (Å²) in [6.07, 6.45) is 1.45. The number of rotatable bonds is 7. The highest BCUT2D eigenvalue weighted by Crippen LogP contribution is 2.40. The Kier molecular flexibility index (Phi) is 9.80. The van der Waals surface area contributed by atoms with Gasteiger partial charge >= 0.3 is 6.11 Å². The Morgan fingerprint density at radius 3 is 2.08 bits per heavy atom. The number of ether oxygens (including phenoxy) is 3. The van der Waals surface area contributed by atoms with E-state index in [2.05, 4.69) is 22.7 Å². The molecule has 4 rings (SSSR count). The third-order valence-electron chi connectivity index (χ3n) is 7.10. The van der Waals surface area contributed by atoms with E-state index >= 15 is 0 Å². The average molecular weight is 571 g/mol. The topological polar surface area (TPSA) is 27.7 Å². The zero-order chi connectivity index (χ0) is 28.9. The summed E-state index contributed by atoms with van der Waals surface area (Å²) in [6.45, 7) is 2.77. The van der Waals surface area contributed by atoms with Crippen LogP contribution < -0.4 is 4.74 Å². The lowest BCUT2D eigenvalue weighted by Gasteiger charge is -2.31. The van der Waals surface area contributed by atoms with Gasteiger partial charge in [0.2, 0.25) is 0 Å². The largest absolute Gasteiger partial charge is 0.432 e. The maximum atomic E-state index is 14.8. The first-order chi connectivity index (χ1) is 19.1. The molecule has 0 radical (unpaired) electrons. The molecular formula is C30H29F7O3. The first-order valence-electron chi connectivity index (χ1n) is 13.1. The molecule has 1 aliphatic heterocycles. The summed E-state index contributed by atoms with van der Waals surface area (Å²) in [5, 5.41) is 0. The highest BCUT2D eigenvalue weighted by molar-refractivity contribution is 5.40. The van der Waals surface area contributed by atoms with Crippen LogP contribution in [0.25, 0.3) is 0 Å². The average Bonchev–Trinajstić information content (AvgIpc) is 2.92. The van der Waals surface area contributed by atoms with Crippen LogP contribution in [-0.4, -0.2) is 19.3 Å². The molecule has 0 unspecified atom stereocenters. The van der Waals surface area contributed by atoms with Gasteiger partial charge < -0.3 is 14.2 Å². The fraction of sp³-hybridized carbons (Fsp3) is 0.467. The van der Waals surface area contributed by atoms with E-state index in [-0.39, 0.29) is 37.2 Å². The van der Waals surface area contributed by atoms with Crippen LogP contribution in [0.4, 0.5) is 30.7 Å². The standard InChI is InChI=1S/C30H29F7O3/c1-2-3-4-5-19-16-38-29(39-17-19)20-12-24(31)23(25(32)13-20)11-8-18-6-9-21(10-7-18)30(36,37)40-22-14-26(33)28(35)27(34)15-22/h2-3,12-15,18-19,21,29H,4-7,9-10,16-17H2,1H3/b3-2+. The molecule has 2 aromatic rings. The van der Waals surface area contributed by atoms with E-state index in [1.807, 2.05) is 13.0 Å². The third kappa shape index (κ3) is 7.38. The minimum Gasteiger partial charge on any atom is -0.432 e. The first-order valence-corrected chi connectivity index (χ1v) is 13.1. The Bertz CT molecular complexity index is 1220. The number of halogens is 7. The van der Waals surface area contributed by atoms with Crippen LogP contribution in [0, 0.1) is 58.7 Å². The lowest BCUT2D eigenvalue weighted by molar-refractivity contribution is -0.223. The molecule has 40 heavy (non-hydrogen) atoms. The summed E-state index contributed by atoms with van der Waals surface area (Å²) in [5.74, 6) is -3.85. The van der Waals surface area contributed by atoms with Crippen molar-refractivity contribution in [1.82, 2.24) is 0 Å². The summed E-state index contributed by atoms with van der Waals surface area (Å²) in [5.41, 5.74) is -0.226. The molecule has 2 aliphatic rings. The fourth-order valence-corrected chi connectivity index (χ4v) is 4.83. The quantitative estimate of drug-likeness (QED) is 0.145. The Morgan fingerprint density at radius 1 is 0.900 bits per heavy atom. The Labute approximate surface area is 228 Å². The van der Waals surface area contributed by atoms with Crippen LogP contribution in [0.3, 0.4) is 0 Å². The van der Waals surface area contributed by atoms with E-state index in [1.54, 1.807) is 0 Å². The maximum Gasteiger partial charge on any atom is 0.400 e.